The van der Waals surface area contributed by atoms with Crippen LogP contribution in [0.1, 0.15) is 12.5 Å². The van der Waals surface area contributed by atoms with Gasteiger partial charge in [0.1, 0.15) is 18.0 Å². The number of ether oxygens (including phenoxy) is 1. The van der Waals surface area contributed by atoms with Crippen LogP contribution < -0.4 is 5.32 Å². The van der Waals surface area contributed by atoms with E-state index in [1.165, 1.54) is 0 Å². The van der Waals surface area contributed by atoms with Gasteiger partial charge in [0.25, 0.3) is 0 Å². The van der Waals surface area contributed by atoms with Gasteiger partial charge in [-0.05, 0) is 24.6 Å². The van der Waals surface area contributed by atoms with E-state index in [1.54, 1.807) is 18.2 Å². The van der Waals surface area contributed by atoms with Crippen molar-refractivity contribution in [3.8, 4) is 5.75 Å². The van der Waals surface area contributed by atoms with Gasteiger partial charge in [-0.2, -0.15) is 0 Å². The third-order valence-corrected chi connectivity index (χ3v) is 2.60. The zero-order valence-electron chi connectivity index (χ0n) is 8.49. The lowest BCUT2D eigenvalue weighted by molar-refractivity contribution is -0.142. The summed E-state index contributed by atoms with van der Waals surface area (Å²) in [5.41, 5.74) is 0.314. The highest BCUT2D eigenvalue weighted by Crippen LogP contribution is 2.28. The Balaban J connectivity index is 2.25. The van der Waals surface area contributed by atoms with Crippen LogP contribution in [0, 0.1) is 0 Å². The topological polar surface area (TPSA) is 58.6 Å². The molecular formula is C11H13NO3. The number of phenols is 1. The third kappa shape index (κ3) is 1.94. The first-order chi connectivity index (χ1) is 7.10. The largest absolute Gasteiger partial charge is 0.508 e. The summed E-state index contributed by atoms with van der Waals surface area (Å²) in [5.74, 6) is 0.0989. The fraction of sp³-hybridized carbons (Fsp3) is 0.364. The van der Waals surface area contributed by atoms with Crippen molar-refractivity contribution in [2.75, 3.05) is 13.2 Å². The first-order valence-electron chi connectivity index (χ1n) is 4.80. The van der Waals surface area contributed by atoms with Crippen LogP contribution in [0.5, 0.6) is 5.75 Å². The minimum absolute atomic E-state index is 0.0617. The SMILES string of the molecule is CC1(c2cccc(O)c2)CNC(=O)CO1. The second-order valence-electron chi connectivity index (χ2n) is 3.85. The quantitative estimate of drug-likeness (QED) is 0.714. The van der Waals surface area contributed by atoms with E-state index in [-0.39, 0.29) is 18.3 Å². The molecule has 80 valence electrons. The van der Waals surface area contributed by atoms with E-state index < -0.39 is 5.60 Å². The van der Waals surface area contributed by atoms with Gasteiger partial charge in [-0.15, -0.1) is 0 Å². The maximum Gasteiger partial charge on any atom is 0.246 e. The zero-order valence-corrected chi connectivity index (χ0v) is 8.49. The summed E-state index contributed by atoms with van der Waals surface area (Å²) in [5, 5.41) is 12.1. The number of hydrogen-bond acceptors (Lipinski definition) is 3. The first kappa shape index (κ1) is 9.98. The minimum Gasteiger partial charge on any atom is -0.508 e. The van der Waals surface area contributed by atoms with Crippen LogP contribution in [0.2, 0.25) is 0 Å². The molecule has 2 rings (SSSR count). The first-order valence-corrected chi connectivity index (χ1v) is 4.80. The van der Waals surface area contributed by atoms with Crippen LogP contribution in [0.25, 0.3) is 0 Å². The van der Waals surface area contributed by atoms with Crippen molar-refractivity contribution in [2.45, 2.75) is 12.5 Å². The second-order valence-corrected chi connectivity index (χ2v) is 3.85. The molecule has 0 saturated carbocycles. The fourth-order valence-electron chi connectivity index (χ4n) is 1.61. The summed E-state index contributed by atoms with van der Waals surface area (Å²) in [6.07, 6.45) is 0. The van der Waals surface area contributed by atoms with Gasteiger partial charge in [0.05, 0.1) is 6.54 Å². The highest BCUT2D eigenvalue weighted by Gasteiger charge is 2.32. The number of phenolic OH excluding ortho intramolecular Hbond substituents is 1. The van der Waals surface area contributed by atoms with E-state index in [2.05, 4.69) is 5.32 Å². The van der Waals surface area contributed by atoms with E-state index >= 15 is 0 Å². The molecule has 0 aromatic heterocycles. The van der Waals surface area contributed by atoms with Crippen molar-refractivity contribution in [2.24, 2.45) is 0 Å². The zero-order chi connectivity index (χ0) is 10.9. The van der Waals surface area contributed by atoms with Crippen molar-refractivity contribution in [1.29, 1.82) is 0 Å². The van der Waals surface area contributed by atoms with Gasteiger partial charge >= 0.3 is 0 Å². The molecular weight excluding hydrogens is 194 g/mol. The molecule has 1 heterocycles. The van der Waals surface area contributed by atoms with E-state index in [4.69, 9.17) is 4.74 Å². The number of hydrogen-bond donors (Lipinski definition) is 2. The van der Waals surface area contributed by atoms with Gasteiger partial charge in [-0.3, -0.25) is 4.79 Å². The number of benzene rings is 1. The number of aromatic hydroxyl groups is 1. The monoisotopic (exact) mass is 207 g/mol. The van der Waals surface area contributed by atoms with Gasteiger partial charge < -0.3 is 15.2 Å². The molecule has 1 fully saturated rings. The van der Waals surface area contributed by atoms with Crippen LogP contribution in [0.15, 0.2) is 24.3 Å². The molecule has 4 heteroatoms. The Morgan fingerprint density at radius 2 is 2.33 bits per heavy atom. The van der Waals surface area contributed by atoms with Gasteiger partial charge in [-0.1, -0.05) is 12.1 Å². The molecule has 4 nitrogen and oxygen atoms in total. The van der Waals surface area contributed by atoms with Crippen molar-refractivity contribution in [3.05, 3.63) is 29.8 Å². The summed E-state index contributed by atoms with van der Waals surface area (Å²) < 4.78 is 5.50. The maximum atomic E-state index is 11.0. The van der Waals surface area contributed by atoms with Crippen molar-refractivity contribution >= 4 is 5.91 Å². The molecule has 0 spiro atoms. The number of morpholine rings is 1. The van der Waals surface area contributed by atoms with Crippen molar-refractivity contribution < 1.29 is 14.6 Å². The predicted molar refractivity (Wildman–Crippen MR) is 54.4 cm³/mol. The third-order valence-electron chi connectivity index (χ3n) is 2.60. The lowest BCUT2D eigenvalue weighted by Crippen LogP contribution is -2.48. The molecule has 0 bridgehead atoms. The molecule has 1 atom stereocenters. The smallest absolute Gasteiger partial charge is 0.246 e. The molecule has 0 radical (unpaired) electrons. The molecule has 1 aliphatic heterocycles. The van der Waals surface area contributed by atoms with E-state index in [0.29, 0.717) is 6.54 Å². The van der Waals surface area contributed by atoms with Crippen molar-refractivity contribution in [1.82, 2.24) is 5.32 Å². The predicted octanol–water partition coefficient (Wildman–Crippen LogP) is 0.754. The van der Waals surface area contributed by atoms with Gasteiger partial charge in [0.2, 0.25) is 5.91 Å². The van der Waals surface area contributed by atoms with Gasteiger partial charge in [0, 0.05) is 0 Å². The van der Waals surface area contributed by atoms with Crippen LogP contribution in [0.4, 0.5) is 0 Å². The average molecular weight is 207 g/mol. The highest BCUT2D eigenvalue weighted by atomic mass is 16.5. The van der Waals surface area contributed by atoms with Crippen LogP contribution in [0.3, 0.4) is 0 Å². The molecule has 0 aliphatic carbocycles. The Hall–Kier alpha value is -1.55. The van der Waals surface area contributed by atoms with Gasteiger partial charge in [-0.25, -0.2) is 0 Å². The summed E-state index contributed by atoms with van der Waals surface area (Å²) in [6, 6.07) is 6.89. The Morgan fingerprint density at radius 1 is 1.53 bits per heavy atom. The second kappa shape index (κ2) is 3.55. The average Bonchev–Trinajstić information content (AvgIpc) is 2.23. The lowest BCUT2D eigenvalue weighted by atomic mass is 9.94. The number of amides is 1. The molecule has 1 saturated heterocycles. The molecule has 2 N–H and O–H groups in total. The Kier molecular flexibility index (Phi) is 2.36. The molecule has 15 heavy (non-hydrogen) atoms. The molecule has 1 unspecified atom stereocenters. The number of nitrogens with one attached hydrogen (secondary N) is 1. The fourth-order valence-corrected chi connectivity index (χ4v) is 1.61. The standard InChI is InChI=1S/C11H13NO3/c1-11(7-12-10(14)6-15-11)8-3-2-4-9(13)5-8/h2-5,13H,6-7H2,1H3,(H,12,14). The summed E-state index contributed by atoms with van der Waals surface area (Å²) in [7, 11) is 0. The lowest BCUT2D eigenvalue weighted by Gasteiger charge is -2.34. The van der Waals surface area contributed by atoms with Gasteiger partial charge in [0.15, 0.2) is 0 Å². The molecule has 1 aliphatic rings. The summed E-state index contributed by atoms with van der Waals surface area (Å²) >= 11 is 0. The Bertz CT molecular complexity index is 379. The van der Waals surface area contributed by atoms with E-state index in [9.17, 15) is 9.90 Å². The van der Waals surface area contributed by atoms with Crippen LogP contribution in [-0.2, 0) is 15.1 Å². The number of rotatable bonds is 1. The number of carbonyl (C=O) groups excluding carboxylic acids is 1. The summed E-state index contributed by atoms with van der Waals surface area (Å²) in [6.45, 7) is 2.38. The van der Waals surface area contributed by atoms with Crippen molar-refractivity contribution in [3.63, 3.8) is 0 Å². The molecule has 1 aromatic rings. The normalized spacial score (nSPS) is 26.1. The van der Waals surface area contributed by atoms with Crippen LogP contribution >= 0.6 is 0 Å². The molecule has 1 aromatic carbocycles. The Labute approximate surface area is 87.9 Å². The van der Waals surface area contributed by atoms with E-state index in [0.717, 1.165) is 5.56 Å². The van der Waals surface area contributed by atoms with Crippen LogP contribution in [-0.4, -0.2) is 24.2 Å². The maximum absolute atomic E-state index is 11.0. The number of carbonyl (C=O) groups is 1. The molecule has 1 amide bonds. The summed E-state index contributed by atoms with van der Waals surface area (Å²) in [4.78, 5) is 11.0. The highest BCUT2D eigenvalue weighted by molar-refractivity contribution is 5.78. The van der Waals surface area contributed by atoms with E-state index in [1.807, 2.05) is 13.0 Å². The Morgan fingerprint density at radius 3 is 2.93 bits per heavy atom. The minimum atomic E-state index is -0.549.